The summed E-state index contributed by atoms with van der Waals surface area (Å²) in [6.45, 7) is -0.0215. The van der Waals surface area contributed by atoms with Crippen molar-refractivity contribution >= 4 is 29.1 Å². The zero-order chi connectivity index (χ0) is 21.6. The summed E-state index contributed by atoms with van der Waals surface area (Å²) in [7, 11) is 0. The lowest BCUT2D eigenvalue weighted by molar-refractivity contribution is -0.114. The number of hydrogen-bond acceptors (Lipinski definition) is 4. The van der Waals surface area contributed by atoms with E-state index in [4.69, 9.17) is 0 Å². The Balaban J connectivity index is 1.36. The largest absolute Gasteiger partial charge is 0.376 e. The van der Waals surface area contributed by atoms with E-state index in [0.29, 0.717) is 22.5 Å². The third-order valence-corrected chi connectivity index (χ3v) is 5.66. The van der Waals surface area contributed by atoms with Crippen molar-refractivity contribution in [3.63, 3.8) is 0 Å². The van der Waals surface area contributed by atoms with Gasteiger partial charge in [-0.2, -0.15) is 0 Å². The highest BCUT2D eigenvalue weighted by Crippen LogP contribution is 2.22. The Morgan fingerprint density at radius 1 is 0.710 bits per heavy atom. The van der Waals surface area contributed by atoms with E-state index in [1.807, 2.05) is 6.07 Å². The molecule has 4 rings (SSSR count). The highest BCUT2D eigenvalue weighted by molar-refractivity contribution is 6.05. The first-order chi connectivity index (χ1) is 15.1. The summed E-state index contributed by atoms with van der Waals surface area (Å²) in [6, 6.07) is 14.6. The Hall–Kier alpha value is -3.35. The minimum Gasteiger partial charge on any atom is -0.376 e. The van der Waals surface area contributed by atoms with Crippen LogP contribution in [0.2, 0.25) is 0 Å². The van der Waals surface area contributed by atoms with Gasteiger partial charge in [-0.1, -0.05) is 37.1 Å². The molecule has 0 aliphatic heterocycles. The molecule has 2 aromatic carbocycles. The normalized spacial score (nSPS) is 15.9. The predicted octanol–water partition coefficient (Wildman–Crippen LogP) is 3.30. The third-order valence-electron chi connectivity index (χ3n) is 5.66. The second-order valence-corrected chi connectivity index (χ2v) is 8.20. The number of carbonyl (C=O) groups is 3. The molecule has 2 aliphatic rings. The van der Waals surface area contributed by atoms with Crippen LogP contribution < -0.4 is 21.3 Å². The lowest BCUT2D eigenvalue weighted by atomic mass is 10.1. The molecule has 0 unspecified atom stereocenters. The van der Waals surface area contributed by atoms with Crippen molar-refractivity contribution in [1.29, 1.82) is 0 Å². The van der Waals surface area contributed by atoms with Crippen molar-refractivity contribution in [2.45, 2.75) is 50.6 Å². The summed E-state index contributed by atoms with van der Waals surface area (Å²) in [5.41, 5.74) is 2.04. The molecule has 0 bridgehead atoms. The second kappa shape index (κ2) is 9.64. The molecule has 4 N–H and O–H groups in total. The number of anilines is 2. The summed E-state index contributed by atoms with van der Waals surface area (Å²) in [5.74, 6) is -0.601. The van der Waals surface area contributed by atoms with Crippen LogP contribution in [0, 0.1) is 0 Å². The van der Waals surface area contributed by atoms with Crippen LogP contribution >= 0.6 is 0 Å². The zero-order valence-electron chi connectivity index (χ0n) is 17.4. The minimum absolute atomic E-state index is 0.0215. The Kier molecular flexibility index (Phi) is 6.50. The first-order valence-corrected chi connectivity index (χ1v) is 10.9. The van der Waals surface area contributed by atoms with E-state index in [-0.39, 0.29) is 36.3 Å². The fourth-order valence-electron chi connectivity index (χ4n) is 3.82. The molecule has 0 heterocycles. The molecular formula is C24H28N4O3. The van der Waals surface area contributed by atoms with Gasteiger partial charge in [0.2, 0.25) is 5.91 Å². The van der Waals surface area contributed by atoms with Crippen molar-refractivity contribution in [1.82, 2.24) is 10.6 Å². The molecule has 2 aliphatic carbocycles. The number of carbonyl (C=O) groups excluding carboxylic acids is 3. The SMILES string of the molecule is O=C(CNc1ccccc1C(=O)NC1CC1)Nc1ccccc1C(=O)NC1CCCC1. The molecule has 0 spiro atoms. The third kappa shape index (κ3) is 5.63. The van der Waals surface area contributed by atoms with E-state index < -0.39 is 0 Å². The highest BCUT2D eigenvalue weighted by Gasteiger charge is 2.25. The summed E-state index contributed by atoms with van der Waals surface area (Å²) < 4.78 is 0. The second-order valence-electron chi connectivity index (χ2n) is 8.20. The standard InChI is InChI=1S/C24H28N4O3/c29-22(15-25-20-11-5-3-9-18(20)23(30)27-17-13-14-17)28-21-12-6-4-10-19(21)24(31)26-16-7-1-2-8-16/h3-6,9-12,16-17,25H,1-2,7-8,13-15H2,(H,26,31)(H,27,30)(H,28,29). The van der Waals surface area contributed by atoms with Gasteiger partial charge in [0.05, 0.1) is 23.4 Å². The van der Waals surface area contributed by atoms with Crippen molar-refractivity contribution in [2.75, 3.05) is 17.2 Å². The maximum atomic E-state index is 12.7. The maximum Gasteiger partial charge on any atom is 0.253 e. The molecular weight excluding hydrogens is 392 g/mol. The van der Waals surface area contributed by atoms with Gasteiger partial charge in [-0.25, -0.2) is 0 Å². The van der Waals surface area contributed by atoms with Crippen LogP contribution in [0.4, 0.5) is 11.4 Å². The van der Waals surface area contributed by atoms with Gasteiger partial charge in [0.15, 0.2) is 0 Å². The fraction of sp³-hybridized carbons (Fsp3) is 0.375. The fourth-order valence-corrected chi connectivity index (χ4v) is 3.82. The van der Waals surface area contributed by atoms with Gasteiger partial charge in [0.1, 0.15) is 0 Å². The first kappa shape index (κ1) is 20.9. The van der Waals surface area contributed by atoms with Crippen LogP contribution in [0.5, 0.6) is 0 Å². The van der Waals surface area contributed by atoms with E-state index in [9.17, 15) is 14.4 Å². The van der Waals surface area contributed by atoms with E-state index in [0.717, 1.165) is 38.5 Å². The molecule has 2 saturated carbocycles. The zero-order valence-corrected chi connectivity index (χ0v) is 17.4. The highest BCUT2D eigenvalue weighted by atomic mass is 16.2. The van der Waals surface area contributed by atoms with Gasteiger partial charge in [0, 0.05) is 17.8 Å². The Morgan fingerprint density at radius 3 is 1.84 bits per heavy atom. The number of para-hydroxylation sites is 2. The Labute approximate surface area is 182 Å². The van der Waals surface area contributed by atoms with Crippen LogP contribution in [0.1, 0.15) is 59.2 Å². The number of hydrogen-bond donors (Lipinski definition) is 4. The molecule has 162 valence electrons. The molecule has 0 aromatic heterocycles. The minimum atomic E-state index is -0.293. The topological polar surface area (TPSA) is 99.3 Å². The molecule has 0 saturated heterocycles. The van der Waals surface area contributed by atoms with E-state index in [1.165, 1.54) is 0 Å². The maximum absolute atomic E-state index is 12.7. The Bertz CT molecular complexity index is 965. The molecule has 2 aromatic rings. The average Bonchev–Trinajstić information content (AvgIpc) is 3.44. The molecule has 3 amide bonds. The molecule has 7 heteroatoms. The summed E-state index contributed by atoms with van der Waals surface area (Å²) in [4.78, 5) is 37.7. The number of amides is 3. The van der Waals surface area contributed by atoms with Crippen LogP contribution in [-0.4, -0.2) is 36.3 Å². The average molecular weight is 421 g/mol. The molecule has 0 atom stereocenters. The van der Waals surface area contributed by atoms with Gasteiger partial charge >= 0.3 is 0 Å². The Morgan fingerprint density at radius 2 is 1.23 bits per heavy atom. The number of benzene rings is 2. The first-order valence-electron chi connectivity index (χ1n) is 10.9. The lowest BCUT2D eigenvalue weighted by Crippen LogP contribution is -2.33. The number of nitrogens with one attached hydrogen (secondary N) is 4. The lowest BCUT2D eigenvalue weighted by Gasteiger charge is -2.16. The smallest absolute Gasteiger partial charge is 0.253 e. The summed E-state index contributed by atoms with van der Waals surface area (Å²) in [6.07, 6.45) is 6.29. The summed E-state index contributed by atoms with van der Waals surface area (Å²) >= 11 is 0. The summed E-state index contributed by atoms with van der Waals surface area (Å²) in [5, 5.41) is 11.9. The molecule has 31 heavy (non-hydrogen) atoms. The van der Waals surface area contributed by atoms with Crippen LogP contribution in [-0.2, 0) is 4.79 Å². The van der Waals surface area contributed by atoms with Gasteiger partial charge in [-0.3, -0.25) is 14.4 Å². The van der Waals surface area contributed by atoms with Gasteiger partial charge in [0.25, 0.3) is 11.8 Å². The van der Waals surface area contributed by atoms with Gasteiger partial charge in [-0.05, 0) is 49.9 Å². The van der Waals surface area contributed by atoms with Gasteiger partial charge in [-0.15, -0.1) is 0 Å². The van der Waals surface area contributed by atoms with Crippen LogP contribution in [0.25, 0.3) is 0 Å². The van der Waals surface area contributed by atoms with Crippen molar-refractivity contribution in [2.24, 2.45) is 0 Å². The predicted molar refractivity (Wildman–Crippen MR) is 120 cm³/mol. The van der Waals surface area contributed by atoms with Crippen LogP contribution in [0.15, 0.2) is 48.5 Å². The van der Waals surface area contributed by atoms with E-state index in [2.05, 4.69) is 21.3 Å². The van der Waals surface area contributed by atoms with E-state index in [1.54, 1.807) is 42.5 Å². The number of rotatable bonds is 8. The molecule has 7 nitrogen and oxygen atoms in total. The van der Waals surface area contributed by atoms with Crippen LogP contribution in [0.3, 0.4) is 0 Å². The van der Waals surface area contributed by atoms with Crippen molar-refractivity contribution in [3.05, 3.63) is 59.7 Å². The monoisotopic (exact) mass is 420 g/mol. The molecule has 0 radical (unpaired) electrons. The van der Waals surface area contributed by atoms with Gasteiger partial charge < -0.3 is 21.3 Å². The molecule has 2 fully saturated rings. The van der Waals surface area contributed by atoms with Crippen molar-refractivity contribution in [3.8, 4) is 0 Å². The van der Waals surface area contributed by atoms with E-state index >= 15 is 0 Å². The quantitative estimate of drug-likeness (QED) is 0.527. The van der Waals surface area contributed by atoms with Crippen molar-refractivity contribution < 1.29 is 14.4 Å².